The molecule has 1 fully saturated rings. The number of nitrogens with zero attached hydrogens (tertiary/aromatic N) is 8. The number of amides is 1. The number of halogens is 9. The number of esters is 1. The average Bonchev–Trinajstić information content (AvgIpc) is 3.51. The lowest BCUT2D eigenvalue weighted by molar-refractivity contribution is -0.207. The molecule has 2 aromatic heterocycles. The Balaban J connectivity index is 1.65. The van der Waals surface area contributed by atoms with Crippen molar-refractivity contribution in [3.05, 3.63) is 76.8 Å². The number of ether oxygens (including phenoxy) is 1. The smallest absolute Gasteiger partial charge is 0.404 e. The molecule has 4 aromatic rings. The molecule has 0 radical (unpaired) electrons. The monoisotopic (exact) mass is 789 g/mol. The fourth-order valence-corrected chi connectivity index (χ4v) is 5.56. The molecular formula is C33H32ClF8N9O3. The zero-order valence-corrected chi connectivity index (χ0v) is 29.4. The van der Waals surface area contributed by atoms with Crippen LogP contribution in [0.2, 0.25) is 5.02 Å². The van der Waals surface area contributed by atoms with Gasteiger partial charge in [-0.25, -0.2) is 22.8 Å². The Labute approximate surface area is 307 Å². The van der Waals surface area contributed by atoms with E-state index in [-0.39, 0.29) is 33.8 Å². The molecular weight excluding hydrogens is 758 g/mol. The summed E-state index contributed by atoms with van der Waals surface area (Å²) >= 11 is 6.35. The van der Waals surface area contributed by atoms with Crippen molar-refractivity contribution >= 4 is 29.4 Å². The van der Waals surface area contributed by atoms with E-state index in [1.165, 1.54) is 12.1 Å². The first kappa shape index (κ1) is 40.1. The van der Waals surface area contributed by atoms with Crippen LogP contribution in [0.1, 0.15) is 80.8 Å². The van der Waals surface area contributed by atoms with E-state index in [4.69, 9.17) is 22.1 Å². The Morgan fingerprint density at radius 2 is 1.80 bits per heavy atom. The van der Waals surface area contributed by atoms with E-state index in [1.807, 2.05) is 20.8 Å². The molecule has 0 bridgehead atoms. The molecule has 290 valence electrons. The van der Waals surface area contributed by atoms with Gasteiger partial charge in [0, 0.05) is 12.1 Å². The van der Waals surface area contributed by atoms with Gasteiger partial charge in [0.2, 0.25) is 0 Å². The van der Waals surface area contributed by atoms with Crippen molar-refractivity contribution in [2.24, 2.45) is 21.6 Å². The first-order chi connectivity index (χ1) is 25.3. The van der Waals surface area contributed by atoms with Crippen LogP contribution in [0.25, 0.3) is 17.1 Å². The van der Waals surface area contributed by atoms with Crippen LogP contribution in [0.4, 0.5) is 35.1 Å². The molecule has 12 nitrogen and oxygen atoms in total. The van der Waals surface area contributed by atoms with Gasteiger partial charge in [-0.1, -0.05) is 44.5 Å². The minimum Gasteiger partial charge on any atom is -0.462 e. The summed E-state index contributed by atoms with van der Waals surface area (Å²) < 4.78 is 118. The molecule has 1 aliphatic rings. The second-order valence-corrected chi connectivity index (χ2v) is 13.9. The predicted molar refractivity (Wildman–Crippen MR) is 176 cm³/mol. The van der Waals surface area contributed by atoms with E-state index in [1.54, 1.807) is 0 Å². The normalized spacial score (nSPS) is 15.1. The van der Waals surface area contributed by atoms with Crippen LogP contribution in [0.15, 0.2) is 54.0 Å². The maximum absolute atomic E-state index is 15.9. The van der Waals surface area contributed by atoms with E-state index < -0.39 is 90.9 Å². The molecule has 5 rings (SSSR count). The molecule has 2 aromatic carbocycles. The number of carbonyl (C=O) groups excluding carboxylic acids is 2. The molecule has 54 heavy (non-hydrogen) atoms. The molecule has 2 heterocycles. The first-order valence-electron chi connectivity index (χ1n) is 16.1. The van der Waals surface area contributed by atoms with Crippen LogP contribution in [0.3, 0.4) is 0 Å². The average molecular weight is 790 g/mol. The van der Waals surface area contributed by atoms with Gasteiger partial charge < -0.3 is 10.5 Å². The van der Waals surface area contributed by atoms with E-state index in [0.29, 0.717) is 26.9 Å². The summed E-state index contributed by atoms with van der Waals surface area (Å²) in [7, 11) is 0. The molecule has 1 atom stereocenters. The third-order valence-corrected chi connectivity index (χ3v) is 8.88. The Bertz CT molecular complexity index is 2040. The number of nitrogens with two attached hydrogens (primary N) is 1. The number of guanidine groups is 1. The number of hydrogen-bond donors (Lipinski definition) is 1. The number of rotatable bonds is 12. The fraction of sp³-hybridized carbons (Fsp3) is 0.424. The lowest BCUT2D eigenvalue weighted by Gasteiger charge is -2.32. The molecule has 1 amide bonds. The number of benzene rings is 2. The molecule has 2 N–H and O–H groups in total. The topological polar surface area (TPSA) is 146 Å². The van der Waals surface area contributed by atoms with Crippen LogP contribution in [-0.2, 0) is 9.53 Å². The molecule has 0 unspecified atom stereocenters. The highest BCUT2D eigenvalue weighted by molar-refractivity contribution is 6.32. The van der Waals surface area contributed by atoms with E-state index in [0.717, 1.165) is 30.6 Å². The van der Waals surface area contributed by atoms with Gasteiger partial charge in [-0.05, 0) is 54.5 Å². The van der Waals surface area contributed by atoms with Crippen molar-refractivity contribution in [2.45, 2.75) is 65.2 Å². The van der Waals surface area contributed by atoms with Gasteiger partial charge in [0.25, 0.3) is 12.3 Å². The predicted octanol–water partition coefficient (Wildman–Crippen LogP) is 7.47. The quantitative estimate of drug-likeness (QED) is 0.0674. The number of aromatic nitrogens is 6. The highest BCUT2D eigenvalue weighted by Crippen LogP contribution is 2.58. The van der Waals surface area contributed by atoms with Crippen molar-refractivity contribution in [2.75, 3.05) is 13.2 Å². The van der Waals surface area contributed by atoms with Crippen LogP contribution in [-0.4, -0.2) is 71.6 Å². The van der Waals surface area contributed by atoms with Gasteiger partial charge in [0.15, 0.2) is 23.0 Å². The summed E-state index contributed by atoms with van der Waals surface area (Å²) in [6.45, 7) is 1.55. The maximum Gasteiger partial charge on any atom is 0.404 e. The summed E-state index contributed by atoms with van der Waals surface area (Å²) in [5.74, 6) is -6.03. The molecule has 0 saturated heterocycles. The van der Waals surface area contributed by atoms with Crippen LogP contribution in [0, 0.1) is 16.6 Å². The lowest BCUT2D eigenvalue weighted by Crippen LogP contribution is -2.47. The summed E-state index contributed by atoms with van der Waals surface area (Å²) in [5, 5.41) is 10.6. The van der Waals surface area contributed by atoms with Crippen molar-refractivity contribution < 1.29 is 49.4 Å². The highest BCUT2D eigenvalue weighted by atomic mass is 35.5. The molecule has 1 aliphatic carbocycles. The lowest BCUT2D eigenvalue weighted by atomic mass is 9.92. The van der Waals surface area contributed by atoms with E-state index >= 15 is 4.39 Å². The van der Waals surface area contributed by atoms with Crippen molar-refractivity contribution in [1.82, 2.24) is 34.4 Å². The van der Waals surface area contributed by atoms with E-state index in [2.05, 4.69) is 25.3 Å². The zero-order valence-electron chi connectivity index (χ0n) is 28.7. The van der Waals surface area contributed by atoms with Gasteiger partial charge in [0.1, 0.15) is 25.1 Å². The summed E-state index contributed by atoms with van der Waals surface area (Å²) in [6, 6.07) is 4.64. The van der Waals surface area contributed by atoms with Crippen molar-refractivity contribution in [3.63, 3.8) is 0 Å². The minimum atomic E-state index is -4.96. The second kappa shape index (κ2) is 15.3. The van der Waals surface area contributed by atoms with Crippen molar-refractivity contribution in [1.29, 1.82) is 0 Å². The van der Waals surface area contributed by atoms with Gasteiger partial charge in [0.05, 0.1) is 22.3 Å². The number of aliphatic imine (C=N–C) groups is 1. The summed E-state index contributed by atoms with van der Waals surface area (Å²) in [4.78, 5) is 35.8. The van der Waals surface area contributed by atoms with Gasteiger partial charge in [-0.15, -0.1) is 10.2 Å². The Kier molecular flexibility index (Phi) is 11.4. The minimum absolute atomic E-state index is 0.00388. The number of carbonyl (C=O) groups is 2. The van der Waals surface area contributed by atoms with Crippen LogP contribution in [0.5, 0.6) is 0 Å². The standard InChI is InChI=1S/C33H32ClF8N9O3/c1-31(2,3)10-11-44-30(43)50(27(52)19-6-4-18(12-21(19)35)25-48-46-16-49(25)29(38)39)23(14-54-28(53)32(8-9-32)33(40,41)42)17-5-7-20(34)22(13-17)51-26(24(36)37)45-15-47-51/h4-7,12-13,15-16,23-24,29H,8-11,14H2,1-3H3,(H2,43,44)/t23-/m1/s1. The van der Waals surface area contributed by atoms with Gasteiger partial charge in [-0.3, -0.25) is 24.0 Å². The fourth-order valence-electron chi connectivity index (χ4n) is 5.36. The number of hydrogen-bond acceptors (Lipinski definition) is 8. The zero-order chi connectivity index (χ0) is 39.7. The Morgan fingerprint density at radius 3 is 2.39 bits per heavy atom. The third kappa shape index (κ3) is 8.32. The Morgan fingerprint density at radius 1 is 1.09 bits per heavy atom. The van der Waals surface area contributed by atoms with Crippen LogP contribution >= 0.6 is 11.6 Å². The molecule has 0 spiro atoms. The second-order valence-electron chi connectivity index (χ2n) is 13.5. The molecule has 21 heteroatoms. The number of alkyl halides is 7. The van der Waals surface area contributed by atoms with Gasteiger partial charge >= 0.3 is 18.7 Å². The van der Waals surface area contributed by atoms with E-state index in [9.17, 15) is 40.3 Å². The largest absolute Gasteiger partial charge is 0.462 e. The summed E-state index contributed by atoms with van der Waals surface area (Å²) in [5.41, 5.74) is 2.07. The molecule has 1 saturated carbocycles. The first-order valence-corrected chi connectivity index (χ1v) is 16.5. The van der Waals surface area contributed by atoms with Crippen molar-refractivity contribution in [3.8, 4) is 17.1 Å². The summed E-state index contributed by atoms with van der Waals surface area (Å²) in [6.07, 6.45) is -7.26. The van der Waals surface area contributed by atoms with Gasteiger partial charge in [-0.2, -0.15) is 27.1 Å². The third-order valence-electron chi connectivity index (χ3n) is 8.56. The highest BCUT2D eigenvalue weighted by Gasteiger charge is 2.69. The maximum atomic E-state index is 15.9. The SMILES string of the molecule is CC(C)(C)CCN=C(N)N(C(=O)c1ccc(-c2nncn2C(F)F)cc1F)[C@H](COC(=O)C1(C(F)(F)F)CC1)c1ccc(Cl)c(-n2ncnc2C(F)F)c1. The molecule has 0 aliphatic heterocycles. The van der Waals surface area contributed by atoms with Crippen LogP contribution < -0.4 is 5.73 Å². The Hall–Kier alpha value is -5.14.